The quantitative estimate of drug-likeness (QED) is 0.799. The number of aliphatic hydroxyl groups is 1. The molecule has 2 rings (SSSR count). The van der Waals surface area contributed by atoms with E-state index in [-0.39, 0.29) is 6.61 Å². The standard InChI is InChI=1S/C12H16N2O/c1-10-2-4-11(5-3-10)12-13-6-7-14(12)8-9-15/h2-5,15H,6-9H2,1H3. The molecule has 1 aromatic rings. The van der Waals surface area contributed by atoms with Crippen molar-refractivity contribution in [3.8, 4) is 0 Å². The zero-order valence-corrected chi connectivity index (χ0v) is 8.98. The van der Waals surface area contributed by atoms with E-state index in [0.717, 1.165) is 24.5 Å². The molecular formula is C12H16N2O. The summed E-state index contributed by atoms with van der Waals surface area (Å²) in [5, 5.41) is 8.94. The van der Waals surface area contributed by atoms with Crippen LogP contribution in [0.15, 0.2) is 29.3 Å². The van der Waals surface area contributed by atoms with Crippen LogP contribution in [0.4, 0.5) is 0 Å². The Morgan fingerprint density at radius 3 is 2.73 bits per heavy atom. The number of hydrogen-bond donors (Lipinski definition) is 1. The molecule has 0 saturated heterocycles. The van der Waals surface area contributed by atoms with E-state index in [9.17, 15) is 0 Å². The Bertz CT molecular complexity index is 356. The molecule has 1 aliphatic heterocycles. The van der Waals surface area contributed by atoms with E-state index in [1.165, 1.54) is 5.56 Å². The minimum atomic E-state index is 0.185. The summed E-state index contributed by atoms with van der Waals surface area (Å²) in [5.74, 6) is 1.02. The second-order valence-electron chi connectivity index (χ2n) is 3.78. The summed E-state index contributed by atoms with van der Waals surface area (Å²) in [7, 11) is 0. The van der Waals surface area contributed by atoms with Crippen LogP contribution in [-0.2, 0) is 0 Å². The highest BCUT2D eigenvalue weighted by molar-refractivity contribution is 5.99. The molecule has 0 atom stereocenters. The highest BCUT2D eigenvalue weighted by Gasteiger charge is 2.17. The maximum absolute atomic E-state index is 8.94. The number of rotatable bonds is 3. The van der Waals surface area contributed by atoms with Crippen LogP contribution in [0.3, 0.4) is 0 Å². The molecule has 3 heteroatoms. The van der Waals surface area contributed by atoms with Gasteiger partial charge in [0.05, 0.1) is 13.2 Å². The minimum Gasteiger partial charge on any atom is -0.395 e. The molecule has 0 aromatic heterocycles. The van der Waals surface area contributed by atoms with Gasteiger partial charge >= 0.3 is 0 Å². The lowest BCUT2D eigenvalue weighted by Gasteiger charge is -2.19. The van der Waals surface area contributed by atoms with Crippen molar-refractivity contribution in [2.24, 2.45) is 4.99 Å². The lowest BCUT2D eigenvalue weighted by molar-refractivity contribution is 0.256. The molecule has 0 saturated carbocycles. The van der Waals surface area contributed by atoms with Gasteiger partial charge in [-0.25, -0.2) is 0 Å². The van der Waals surface area contributed by atoms with Gasteiger partial charge in [-0.05, 0) is 6.92 Å². The first-order chi connectivity index (χ1) is 7.31. The molecular weight excluding hydrogens is 188 g/mol. The van der Waals surface area contributed by atoms with Gasteiger partial charge in [0.25, 0.3) is 0 Å². The highest BCUT2D eigenvalue weighted by Crippen LogP contribution is 2.11. The Labute approximate surface area is 90.1 Å². The number of aryl methyl sites for hydroxylation is 1. The predicted molar refractivity (Wildman–Crippen MR) is 61.2 cm³/mol. The number of aliphatic hydroxyl groups excluding tert-OH is 1. The van der Waals surface area contributed by atoms with Gasteiger partial charge in [-0.2, -0.15) is 0 Å². The Morgan fingerprint density at radius 1 is 1.33 bits per heavy atom. The Balaban J connectivity index is 2.19. The molecule has 0 radical (unpaired) electrons. The summed E-state index contributed by atoms with van der Waals surface area (Å²) < 4.78 is 0. The van der Waals surface area contributed by atoms with Crippen LogP contribution in [0.25, 0.3) is 0 Å². The lowest BCUT2D eigenvalue weighted by Crippen LogP contribution is -2.31. The minimum absolute atomic E-state index is 0.185. The van der Waals surface area contributed by atoms with Crippen molar-refractivity contribution >= 4 is 5.84 Å². The highest BCUT2D eigenvalue weighted by atomic mass is 16.3. The molecule has 0 amide bonds. The van der Waals surface area contributed by atoms with Crippen molar-refractivity contribution in [3.63, 3.8) is 0 Å². The van der Waals surface area contributed by atoms with E-state index in [1.807, 2.05) is 0 Å². The van der Waals surface area contributed by atoms with E-state index in [1.54, 1.807) is 0 Å². The van der Waals surface area contributed by atoms with Crippen LogP contribution in [-0.4, -0.2) is 42.1 Å². The molecule has 0 spiro atoms. The van der Waals surface area contributed by atoms with Gasteiger partial charge < -0.3 is 10.0 Å². The zero-order chi connectivity index (χ0) is 10.7. The number of hydrogen-bond acceptors (Lipinski definition) is 3. The maximum Gasteiger partial charge on any atom is 0.131 e. The van der Waals surface area contributed by atoms with Crippen molar-refractivity contribution in [1.82, 2.24) is 4.90 Å². The Morgan fingerprint density at radius 2 is 2.07 bits per heavy atom. The van der Waals surface area contributed by atoms with E-state index >= 15 is 0 Å². The summed E-state index contributed by atoms with van der Waals surface area (Å²) in [6.07, 6.45) is 0. The molecule has 0 bridgehead atoms. The van der Waals surface area contributed by atoms with Crippen molar-refractivity contribution in [1.29, 1.82) is 0 Å². The average molecular weight is 204 g/mol. The van der Waals surface area contributed by atoms with Gasteiger partial charge in [0.1, 0.15) is 5.84 Å². The summed E-state index contributed by atoms with van der Waals surface area (Å²) >= 11 is 0. The normalized spacial score (nSPS) is 15.6. The van der Waals surface area contributed by atoms with Crippen molar-refractivity contribution in [2.75, 3.05) is 26.2 Å². The van der Waals surface area contributed by atoms with Gasteiger partial charge in [-0.3, -0.25) is 4.99 Å². The second kappa shape index (κ2) is 4.45. The van der Waals surface area contributed by atoms with Crippen LogP contribution >= 0.6 is 0 Å². The van der Waals surface area contributed by atoms with Crippen LogP contribution < -0.4 is 0 Å². The third-order valence-electron chi connectivity index (χ3n) is 2.61. The number of amidine groups is 1. The first kappa shape index (κ1) is 10.2. The molecule has 0 fully saturated rings. The number of aliphatic imine (C=N–C) groups is 1. The number of nitrogens with zero attached hydrogens (tertiary/aromatic N) is 2. The fraction of sp³-hybridized carbons (Fsp3) is 0.417. The lowest BCUT2D eigenvalue weighted by atomic mass is 10.1. The molecule has 3 nitrogen and oxygen atoms in total. The average Bonchev–Trinajstić information content (AvgIpc) is 2.68. The molecule has 0 unspecified atom stereocenters. The summed E-state index contributed by atoms with van der Waals surface area (Å²) in [4.78, 5) is 6.60. The number of benzene rings is 1. The molecule has 15 heavy (non-hydrogen) atoms. The Kier molecular flexibility index (Phi) is 3.02. The molecule has 1 N–H and O–H groups in total. The van der Waals surface area contributed by atoms with E-state index in [4.69, 9.17) is 5.11 Å². The second-order valence-corrected chi connectivity index (χ2v) is 3.78. The first-order valence-corrected chi connectivity index (χ1v) is 5.28. The smallest absolute Gasteiger partial charge is 0.131 e. The molecule has 1 heterocycles. The monoisotopic (exact) mass is 204 g/mol. The number of β-amino-alcohol motifs (C(OH)–C–C–N with tert-alkyl or cyclic N) is 1. The van der Waals surface area contributed by atoms with Crippen molar-refractivity contribution in [2.45, 2.75) is 6.92 Å². The molecule has 80 valence electrons. The molecule has 1 aliphatic rings. The van der Waals surface area contributed by atoms with E-state index < -0.39 is 0 Å². The SMILES string of the molecule is Cc1ccc(C2=NCCN2CCO)cc1. The predicted octanol–water partition coefficient (Wildman–Crippen LogP) is 1.05. The summed E-state index contributed by atoms with van der Waals surface area (Å²) in [6.45, 7) is 4.69. The largest absolute Gasteiger partial charge is 0.395 e. The first-order valence-electron chi connectivity index (χ1n) is 5.28. The maximum atomic E-state index is 8.94. The van der Waals surface area contributed by atoms with Crippen molar-refractivity contribution in [3.05, 3.63) is 35.4 Å². The van der Waals surface area contributed by atoms with Gasteiger partial charge in [0.15, 0.2) is 0 Å². The van der Waals surface area contributed by atoms with E-state index in [0.29, 0.717) is 6.54 Å². The molecule has 1 aromatic carbocycles. The Hall–Kier alpha value is -1.35. The van der Waals surface area contributed by atoms with Gasteiger partial charge in [0.2, 0.25) is 0 Å². The fourth-order valence-electron chi connectivity index (χ4n) is 1.80. The van der Waals surface area contributed by atoms with Gasteiger partial charge in [0, 0.05) is 18.7 Å². The molecule has 0 aliphatic carbocycles. The van der Waals surface area contributed by atoms with Gasteiger partial charge in [-0.1, -0.05) is 29.8 Å². The van der Waals surface area contributed by atoms with Crippen molar-refractivity contribution < 1.29 is 5.11 Å². The van der Waals surface area contributed by atoms with Crippen LogP contribution in [0, 0.1) is 6.92 Å². The van der Waals surface area contributed by atoms with E-state index in [2.05, 4.69) is 41.1 Å². The summed E-state index contributed by atoms with van der Waals surface area (Å²) in [5.41, 5.74) is 2.40. The topological polar surface area (TPSA) is 35.8 Å². The fourth-order valence-corrected chi connectivity index (χ4v) is 1.80. The summed E-state index contributed by atoms with van der Waals surface area (Å²) in [6, 6.07) is 8.36. The van der Waals surface area contributed by atoms with Crippen LogP contribution in [0.2, 0.25) is 0 Å². The van der Waals surface area contributed by atoms with Crippen LogP contribution in [0.5, 0.6) is 0 Å². The van der Waals surface area contributed by atoms with Crippen LogP contribution in [0.1, 0.15) is 11.1 Å². The third kappa shape index (κ3) is 2.18. The third-order valence-corrected chi connectivity index (χ3v) is 2.61. The van der Waals surface area contributed by atoms with Gasteiger partial charge in [-0.15, -0.1) is 0 Å². The zero-order valence-electron chi connectivity index (χ0n) is 8.98.